The van der Waals surface area contributed by atoms with E-state index in [9.17, 15) is 0 Å². The van der Waals surface area contributed by atoms with E-state index in [-0.39, 0.29) is 0 Å². The van der Waals surface area contributed by atoms with Gasteiger partial charge in [0.1, 0.15) is 0 Å². The fourth-order valence-electron chi connectivity index (χ4n) is 1.66. The molecule has 0 fully saturated rings. The number of aromatic nitrogens is 3. The van der Waals surface area contributed by atoms with E-state index in [0.717, 1.165) is 13.1 Å². The SMILES string of the molecule is CCNc1nc(NCC)nc(Nc2cc(Cl)cc(Cl)c2)n1. The molecular formula is C13H16Cl2N6. The molecule has 21 heavy (non-hydrogen) atoms. The summed E-state index contributed by atoms with van der Waals surface area (Å²) in [5.41, 5.74) is 0.712. The molecule has 0 unspecified atom stereocenters. The largest absolute Gasteiger partial charge is 0.354 e. The average Bonchev–Trinajstić information content (AvgIpc) is 2.37. The van der Waals surface area contributed by atoms with Gasteiger partial charge in [0.25, 0.3) is 0 Å². The minimum atomic E-state index is 0.412. The van der Waals surface area contributed by atoms with Crippen LogP contribution in [0.2, 0.25) is 10.0 Å². The maximum atomic E-state index is 5.98. The zero-order chi connectivity index (χ0) is 15.2. The second kappa shape index (κ2) is 7.28. The maximum absolute atomic E-state index is 5.98. The summed E-state index contributed by atoms with van der Waals surface area (Å²) in [5, 5.41) is 10.3. The highest BCUT2D eigenvalue weighted by molar-refractivity contribution is 6.35. The highest BCUT2D eigenvalue weighted by Crippen LogP contribution is 2.24. The van der Waals surface area contributed by atoms with Crippen LogP contribution in [-0.4, -0.2) is 28.0 Å². The molecule has 0 radical (unpaired) electrons. The highest BCUT2D eigenvalue weighted by Gasteiger charge is 2.07. The molecule has 0 aliphatic heterocycles. The molecule has 1 aromatic carbocycles. The number of hydrogen-bond acceptors (Lipinski definition) is 6. The predicted octanol–water partition coefficient (Wildman–Crippen LogP) is 3.79. The molecule has 0 aliphatic carbocycles. The van der Waals surface area contributed by atoms with Crippen LogP contribution in [0.25, 0.3) is 0 Å². The van der Waals surface area contributed by atoms with Gasteiger partial charge in [-0.25, -0.2) is 0 Å². The van der Waals surface area contributed by atoms with Crippen molar-refractivity contribution in [1.82, 2.24) is 15.0 Å². The van der Waals surface area contributed by atoms with E-state index in [0.29, 0.717) is 33.6 Å². The standard InChI is InChI=1S/C13H16Cl2N6/c1-3-16-11-19-12(17-4-2)21-13(20-11)18-10-6-8(14)5-9(15)7-10/h5-7H,3-4H2,1-2H3,(H3,16,17,18,19,20,21). The van der Waals surface area contributed by atoms with E-state index >= 15 is 0 Å². The van der Waals surface area contributed by atoms with Crippen molar-refractivity contribution < 1.29 is 0 Å². The van der Waals surface area contributed by atoms with E-state index in [1.165, 1.54) is 0 Å². The molecule has 0 saturated heterocycles. The van der Waals surface area contributed by atoms with Gasteiger partial charge in [0.2, 0.25) is 17.8 Å². The lowest BCUT2D eigenvalue weighted by Gasteiger charge is -2.10. The van der Waals surface area contributed by atoms with E-state index in [1.807, 2.05) is 13.8 Å². The van der Waals surface area contributed by atoms with Crippen LogP contribution in [0.15, 0.2) is 18.2 Å². The fraction of sp³-hybridized carbons (Fsp3) is 0.308. The highest BCUT2D eigenvalue weighted by atomic mass is 35.5. The Kier molecular flexibility index (Phi) is 5.41. The van der Waals surface area contributed by atoms with Crippen molar-refractivity contribution in [1.29, 1.82) is 0 Å². The fourth-order valence-corrected chi connectivity index (χ4v) is 2.19. The third-order valence-electron chi connectivity index (χ3n) is 2.42. The molecule has 3 N–H and O–H groups in total. The van der Waals surface area contributed by atoms with Gasteiger partial charge >= 0.3 is 0 Å². The first kappa shape index (κ1) is 15.6. The minimum Gasteiger partial charge on any atom is -0.354 e. The molecule has 0 amide bonds. The van der Waals surface area contributed by atoms with Crippen molar-refractivity contribution >= 4 is 46.7 Å². The maximum Gasteiger partial charge on any atom is 0.233 e. The Morgan fingerprint density at radius 2 is 1.29 bits per heavy atom. The summed E-state index contributed by atoms with van der Waals surface area (Å²) >= 11 is 12.0. The number of rotatable bonds is 6. The second-order valence-electron chi connectivity index (χ2n) is 4.15. The predicted molar refractivity (Wildman–Crippen MR) is 87.9 cm³/mol. The number of nitrogens with one attached hydrogen (secondary N) is 3. The number of anilines is 4. The van der Waals surface area contributed by atoms with Gasteiger partial charge in [0.05, 0.1) is 0 Å². The lowest BCUT2D eigenvalue weighted by molar-refractivity contribution is 1.00. The summed E-state index contributed by atoms with van der Waals surface area (Å²) in [5.74, 6) is 1.41. The Balaban J connectivity index is 2.28. The van der Waals surface area contributed by atoms with Crippen molar-refractivity contribution in [3.8, 4) is 0 Å². The van der Waals surface area contributed by atoms with Crippen molar-refractivity contribution in [3.63, 3.8) is 0 Å². The van der Waals surface area contributed by atoms with Crippen LogP contribution in [0.1, 0.15) is 13.8 Å². The molecule has 6 nitrogen and oxygen atoms in total. The topological polar surface area (TPSA) is 74.8 Å². The molecule has 1 aromatic heterocycles. The molecule has 1 heterocycles. The van der Waals surface area contributed by atoms with Gasteiger partial charge in [-0.2, -0.15) is 15.0 Å². The van der Waals surface area contributed by atoms with Crippen LogP contribution >= 0.6 is 23.2 Å². The van der Waals surface area contributed by atoms with Crippen LogP contribution < -0.4 is 16.0 Å². The Morgan fingerprint density at radius 1 is 0.810 bits per heavy atom. The first-order chi connectivity index (χ1) is 10.1. The molecule has 0 aliphatic rings. The van der Waals surface area contributed by atoms with E-state index in [1.54, 1.807) is 18.2 Å². The Hall–Kier alpha value is -1.79. The summed E-state index contributed by atoms with van der Waals surface area (Å²) in [6, 6.07) is 5.16. The quantitative estimate of drug-likeness (QED) is 0.750. The van der Waals surface area contributed by atoms with E-state index in [4.69, 9.17) is 23.2 Å². The number of benzene rings is 1. The van der Waals surface area contributed by atoms with Crippen molar-refractivity contribution in [2.24, 2.45) is 0 Å². The average molecular weight is 327 g/mol. The molecule has 0 bridgehead atoms. The van der Waals surface area contributed by atoms with Crippen LogP contribution in [-0.2, 0) is 0 Å². The monoisotopic (exact) mass is 326 g/mol. The van der Waals surface area contributed by atoms with E-state index in [2.05, 4.69) is 30.9 Å². The number of hydrogen-bond donors (Lipinski definition) is 3. The lowest BCUT2D eigenvalue weighted by Crippen LogP contribution is -2.10. The molecule has 2 aromatic rings. The third kappa shape index (κ3) is 4.61. The number of nitrogens with zero attached hydrogens (tertiary/aromatic N) is 3. The second-order valence-corrected chi connectivity index (χ2v) is 5.02. The van der Waals surface area contributed by atoms with Gasteiger partial charge < -0.3 is 16.0 Å². The van der Waals surface area contributed by atoms with Gasteiger partial charge in [-0.05, 0) is 32.0 Å². The van der Waals surface area contributed by atoms with Gasteiger partial charge in [-0.3, -0.25) is 0 Å². The van der Waals surface area contributed by atoms with Gasteiger partial charge in [-0.1, -0.05) is 23.2 Å². The molecule has 8 heteroatoms. The van der Waals surface area contributed by atoms with Crippen molar-refractivity contribution in [2.75, 3.05) is 29.0 Å². The molecule has 0 spiro atoms. The van der Waals surface area contributed by atoms with Crippen molar-refractivity contribution in [3.05, 3.63) is 28.2 Å². The van der Waals surface area contributed by atoms with Crippen LogP contribution in [0.3, 0.4) is 0 Å². The normalized spacial score (nSPS) is 10.3. The van der Waals surface area contributed by atoms with Crippen molar-refractivity contribution in [2.45, 2.75) is 13.8 Å². The van der Waals surface area contributed by atoms with Crippen LogP contribution in [0.5, 0.6) is 0 Å². The van der Waals surface area contributed by atoms with Crippen LogP contribution in [0.4, 0.5) is 23.5 Å². The Morgan fingerprint density at radius 3 is 1.76 bits per heavy atom. The first-order valence-electron chi connectivity index (χ1n) is 6.57. The summed E-state index contributed by atoms with van der Waals surface area (Å²) in [6.45, 7) is 5.39. The van der Waals surface area contributed by atoms with Gasteiger partial charge in [-0.15, -0.1) is 0 Å². The summed E-state index contributed by atoms with van der Waals surface area (Å²) in [6.07, 6.45) is 0. The zero-order valence-corrected chi connectivity index (χ0v) is 13.3. The summed E-state index contributed by atoms with van der Waals surface area (Å²) < 4.78 is 0. The van der Waals surface area contributed by atoms with Crippen LogP contribution in [0, 0.1) is 0 Å². The zero-order valence-electron chi connectivity index (χ0n) is 11.7. The smallest absolute Gasteiger partial charge is 0.233 e. The summed E-state index contributed by atoms with van der Waals surface area (Å²) in [4.78, 5) is 12.8. The van der Waals surface area contributed by atoms with Gasteiger partial charge in [0, 0.05) is 28.8 Å². The molecule has 2 rings (SSSR count). The third-order valence-corrected chi connectivity index (χ3v) is 2.86. The Labute approximate surface area is 133 Å². The minimum absolute atomic E-state index is 0.412. The number of halogens is 2. The van der Waals surface area contributed by atoms with E-state index < -0.39 is 0 Å². The molecule has 112 valence electrons. The lowest BCUT2D eigenvalue weighted by atomic mass is 10.3. The molecule has 0 saturated carbocycles. The molecular weight excluding hydrogens is 311 g/mol. The summed E-state index contributed by atoms with van der Waals surface area (Å²) in [7, 11) is 0. The first-order valence-corrected chi connectivity index (χ1v) is 7.33. The molecule has 0 atom stereocenters. The van der Waals surface area contributed by atoms with Gasteiger partial charge in [0.15, 0.2) is 0 Å². The Bertz CT molecular complexity index is 575.